The number of hydrogen-bond acceptors (Lipinski definition) is 5. The lowest BCUT2D eigenvalue weighted by Gasteiger charge is -2.38. The zero-order chi connectivity index (χ0) is 20.0. The van der Waals surface area contributed by atoms with Crippen LogP contribution in [0.3, 0.4) is 0 Å². The van der Waals surface area contributed by atoms with Gasteiger partial charge in [0.25, 0.3) is 0 Å². The summed E-state index contributed by atoms with van der Waals surface area (Å²) < 4.78 is 51.5. The smallest absolute Gasteiger partial charge is 0.431 e. The van der Waals surface area contributed by atoms with E-state index in [2.05, 4.69) is 20.3 Å². The molecule has 1 aliphatic heterocycles. The molecule has 1 fully saturated rings. The Hall–Kier alpha value is -2.81. The topological polar surface area (TPSA) is 72.1 Å². The lowest BCUT2D eigenvalue weighted by Crippen LogP contribution is -2.41. The number of rotatable bonds is 4. The quantitative estimate of drug-likeness (QED) is 0.672. The number of ether oxygens (including phenoxy) is 2. The van der Waals surface area contributed by atoms with Crippen LogP contribution in [0.1, 0.15) is 36.6 Å². The van der Waals surface area contributed by atoms with Gasteiger partial charge in [-0.15, -0.1) is 0 Å². The number of aromatic nitrogens is 3. The standard InChI is InChI=1S/C20H19F3N4O2/c21-20(22,23)16-8-13-18(26-16)24-10-25-19(13)27-17-12-6-1-2-7-14(12)28-9-15(17)29-11-4-3-5-11/h1-2,6-8,10-11,15,17H,3-5,9H2,(H2,24,25,26,27). The van der Waals surface area contributed by atoms with Gasteiger partial charge in [-0.2, -0.15) is 13.2 Å². The van der Waals surface area contributed by atoms with Crippen molar-refractivity contribution in [2.45, 2.75) is 43.7 Å². The summed E-state index contributed by atoms with van der Waals surface area (Å²) in [5, 5.41) is 3.59. The second-order valence-electron chi connectivity index (χ2n) is 7.36. The highest BCUT2D eigenvalue weighted by atomic mass is 19.4. The average Bonchev–Trinajstić information content (AvgIpc) is 3.12. The van der Waals surface area contributed by atoms with Gasteiger partial charge >= 0.3 is 6.18 Å². The van der Waals surface area contributed by atoms with Gasteiger partial charge in [0.2, 0.25) is 0 Å². The van der Waals surface area contributed by atoms with Crippen molar-refractivity contribution in [3.05, 3.63) is 47.9 Å². The van der Waals surface area contributed by atoms with Crippen molar-refractivity contribution in [1.82, 2.24) is 15.0 Å². The first-order chi connectivity index (χ1) is 14.0. The summed E-state index contributed by atoms with van der Waals surface area (Å²) in [5.41, 5.74) is 0.166. The van der Waals surface area contributed by atoms with Gasteiger partial charge in [-0.05, 0) is 31.4 Å². The van der Waals surface area contributed by atoms with Crippen LogP contribution in [0.25, 0.3) is 11.0 Å². The first-order valence-corrected chi connectivity index (χ1v) is 9.53. The number of halogens is 3. The molecule has 1 aromatic carbocycles. The molecule has 3 aromatic rings. The molecule has 2 N–H and O–H groups in total. The number of anilines is 1. The molecule has 1 aliphatic carbocycles. The van der Waals surface area contributed by atoms with E-state index in [0.717, 1.165) is 36.6 Å². The molecule has 0 spiro atoms. The van der Waals surface area contributed by atoms with Crippen LogP contribution in [-0.2, 0) is 10.9 Å². The van der Waals surface area contributed by atoms with Crippen LogP contribution in [0.5, 0.6) is 5.75 Å². The molecule has 0 radical (unpaired) electrons. The lowest BCUT2D eigenvalue weighted by atomic mass is 9.94. The number of aromatic amines is 1. The monoisotopic (exact) mass is 404 g/mol. The van der Waals surface area contributed by atoms with E-state index >= 15 is 0 Å². The molecule has 2 unspecified atom stereocenters. The predicted octanol–water partition coefficient (Wildman–Crippen LogP) is 4.46. The Kier molecular flexibility index (Phi) is 4.34. The van der Waals surface area contributed by atoms with Crippen LogP contribution in [0.4, 0.5) is 19.0 Å². The van der Waals surface area contributed by atoms with Crippen molar-refractivity contribution < 1.29 is 22.6 Å². The fourth-order valence-electron chi connectivity index (χ4n) is 3.73. The number of nitrogens with one attached hydrogen (secondary N) is 2. The molecule has 29 heavy (non-hydrogen) atoms. The second kappa shape index (κ2) is 6.91. The summed E-state index contributed by atoms with van der Waals surface area (Å²) in [4.78, 5) is 10.5. The molecular formula is C20H19F3N4O2. The molecule has 3 heterocycles. The third-order valence-electron chi connectivity index (χ3n) is 5.47. The molecule has 152 valence electrons. The highest BCUT2D eigenvalue weighted by molar-refractivity contribution is 5.88. The van der Waals surface area contributed by atoms with Crippen LogP contribution < -0.4 is 10.1 Å². The molecule has 5 rings (SSSR count). The average molecular weight is 404 g/mol. The molecule has 1 saturated carbocycles. The minimum atomic E-state index is -4.49. The summed E-state index contributed by atoms with van der Waals surface area (Å²) in [5.74, 6) is 1.06. The van der Waals surface area contributed by atoms with E-state index in [4.69, 9.17) is 9.47 Å². The van der Waals surface area contributed by atoms with Gasteiger partial charge in [0.15, 0.2) is 0 Å². The van der Waals surface area contributed by atoms with Gasteiger partial charge < -0.3 is 19.8 Å². The summed E-state index contributed by atoms with van der Waals surface area (Å²) in [6.07, 6.45) is -0.171. The molecule has 2 aliphatic rings. The maximum atomic E-state index is 13.1. The number of fused-ring (bicyclic) bond motifs is 2. The molecule has 6 nitrogen and oxygen atoms in total. The van der Waals surface area contributed by atoms with Crippen LogP contribution in [0.15, 0.2) is 36.7 Å². The second-order valence-corrected chi connectivity index (χ2v) is 7.36. The number of benzene rings is 1. The summed E-state index contributed by atoms with van der Waals surface area (Å²) >= 11 is 0. The third kappa shape index (κ3) is 3.39. The van der Waals surface area contributed by atoms with E-state index in [1.165, 1.54) is 6.33 Å². The van der Waals surface area contributed by atoms with Gasteiger partial charge in [-0.1, -0.05) is 18.2 Å². The van der Waals surface area contributed by atoms with E-state index in [1.54, 1.807) is 0 Å². The molecular weight excluding hydrogens is 385 g/mol. The third-order valence-corrected chi connectivity index (χ3v) is 5.47. The maximum absolute atomic E-state index is 13.1. The van der Waals surface area contributed by atoms with Crippen molar-refractivity contribution in [3.8, 4) is 5.75 Å². The Labute approximate surface area is 164 Å². The highest BCUT2D eigenvalue weighted by Gasteiger charge is 2.36. The number of para-hydroxylation sites is 1. The van der Waals surface area contributed by atoms with E-state index in [1.807, 2.05) is 24.3 Å². The normalized spacial score (nSPS) is 22.0. The first kappa shape index (κ1) is 18.2. The maximum Gasteiger partial charge on any atom is 0.431 e. The Morgan fingerprint density at radius 3 is 2.76 bits per heavy atom. The zero-order valence-electron chi connectivity index (χ0n) is 15.4. The Balaban J connectivity index is 1.51. The molecule has 0 saturated heterocycles. The van der Waals surface area contributed by atoms with Crippen molar-refractivity contribution in [2.24, 2.45) is 0 Å². The minimum absolute atomic E-state index is 0.131. The number of hydrogen-bond donors (Lipinski definition) is 2. The van der Waals surface area contributed by atoms with Crippen LogP contribution in [0, 0.1) is 0 Å². The SMILES string of the molecule is FC(F)(F)c1cc2c(NC3c4ccccc4OCC3OC3CCC3)ncnc2[nH]1. The molecule has 2 aromatic heterocycles. The fourth-order valence-corrected chi connectivity index (χ4v) is 3.73. The van der Waals surface area contributed by atoms with Gasteiger partial charge in [-0.25, -0.2) is 9.97 Å². The van der Waals surface area contributed by atoms with Gasteiger partial charge in [-0.3, -0.25) is 0 Å². The molecule has 0 bridgehead atoms. The summed E-state index contributed by atoms with van der Waals surface area (Å²) in [7, 11) is 0. The van der Waals surface area contributed by atoms with Crippen molar-refractivity contribution >= 4 is 16.9 Å². The molecule has 9 heteroatoms. The van der Waals surface area contributed by atoms with Crippen molar-refractivity contribution in [2.75, 3.05) is 11.9 Å². The van der Waals surface area contributed by atoms with E-state index < -0.39 is 11.9 Å². The summed E-state index contributed by atoms with van der Waals surface area (Å²) in [6, 6.07) is 8.31. The van der Waals surface area contributed by atoms with E-state index in [-0.39, 0.29) is 29.3 Å². The van der Waals surface area contributed by atoms with Crippen LogP contribution in [-0.4, -0.2) is 33.8 Å². The fraction of sp³-hybridized carbons (Fsp3) is 0.400. The number of H-pyrrole nitrogens is 1. The zero-order valence-corrected chi connectivity index (χ0v) is 15.4. The molecule has 0 amide bonds. The van der Waals surface area contributed by atoms with Crippen LogP contribution >= 0.6 is 0 Å². The van der Waals surface area contributed by atoms with Gasteiger partial charge in [0.1, 0.15) is 41.9 Å². The summed E-state index contributed by atoms with van der Waals surface area (Å²) in [6.45, 7) is 0.361. The minimum Gasteiger partial charge on any atom is -0.490 e. The lowest BCUT2D eigenvalue weighted by molar-refractivity contribution is -0.140. The highest BCUT2D eigenvalue weighted by Crippen LogP contribution is 2.39. The van der Waals surface area contributed by atoms with E-state index in [9.17, 15) is 13.2 Å². The van der Waals surface area contributed by atoms with Gasteiger partial charge in [0, 0.05) is 5.56 Å². The molecule has 2 atom stereocenters. The van der Waals surface area contributed by atoms with Crippen molar-refractivity contribution in [1.29, 1.82) is 0 Å². The van der Waals surface area contributed by atoms with Gasteiger partial charge in [0.05, 0.1) is 17.5 Å². The van der Waals surface area contributed by atoms with Crippen molar-refractivity contribution in [3.63, 3.8) is 0 Å². The Morgan fingerprint density at radius 2 is 2.00 bits per heavy atom. The Morgan fingerprint density at radius 1 is 1.17 bits per heavy atom. The first-order valence-electron chi connectivity index (χ1n) is 9.53. The van der Waals surface area contributed by atoms with E-state index in [0.29, 0.717) is 12.4 Å². The van der Waals surface area contributed by atoms with Crippen LogP contribution in [0.2, 0.25) is 0 Å². The predicted molar refractivity (Wildman–Crippen MR) is 99.7 cm³/mol. The largest absolute Gasteiger partial charge is 0.490 e. The Bertz CT molecular complexity index is 1030. The number of nitrogens with zero attached hydrogens (tertiary/aromatic N) is 2. The number of alkyl halides is 3.